The van der Waals surface area contributed by atoms with E-state index >= 15 is 0 Å². The van der Waals surface area contributed by atoms with Crippen LogP contribution in [0.15, 0.2) is 47.1 Å². The van der Waals surface area contributed by atoms with Crippen molar-refractivity contribution in [2.24, 2.45) is 0 Å². The van der Waals surface area contributed by atoms with Crippen molar-refractivity contribution in [1.29, 1.82) is 0 Å². The number of aryl methyl sites for hydroxylation is 1. The van der Waals surface area contributed by atoms with Gasteiger partial charge < -0.3 is 8.98 Å². The Labute approximate surface area is 152 Å². The molecule has 8 heteroatoms. The van der Waals surface area contributed by atoms with Crippen LogP contribution in [0.1, 0.15) is 21.1 Å². The van der Waals surface area contributed by atoms with E-state index in [0.717, 1.165) is 16.1 Å². The lowest BCUT2D eigenvalue weighted by Crippen LogP contribution is -2.17. The summed E-state index contributed by atoms with van der Waals surface area (Å²) in [5.74, 6) is -0.269. The first-order valence-corrected chi connectivity index (χ1v) is 8.73. The minimum Gasteiger partial charge on any atom is -0.463 e. The van der Waals surface area contributed by atoms with E-state index in [4.69, 9.17) is 16.0 Å². The van der Waals surface area contributed by atoms with E-state index in [2.05, 4.69) is 15.5 Å². The summed E-state index contributed by atoms with van der Waals surface area (Å²) in [4.78, 5) is 12.7. The Kier molecular flexibility index (Phi) is 4.03. The molecule has 126 valence electrons. The first-order valence-electron chi connectivity index (χ1n) is 7.53. The molecule has 3 heterocycles. The summed E-state index contributed by atoms with van der Waals surface area (Å²) in [7, 11) is 0. The molecule has 6 nitrogen and oxygen atoms in total. The van der Waals surface area contributed by atoms with Crippen molar-refractivity contribution >= 4 is 45.1 Å². The molecule has 0 bridgehead atoms. The summed E-state index contributed by atoms with van der Waals surface area (Å²) in [5, 5.41) is 12.5. The van der Waals surface area contributed by atoms with E-state index in [9.17, 15) is 4.79 Å². The number of aromatic nitrogens is 3. The van der Waals surface area contributed by atoms with Gasteiger partial charge in [-0.05, 0) is 18.6 Å². The fourth-order valence-electron chi connectivity index (χ4n) is 2.64. The Morgan fingerprint density at radius 1 is 1.32 bits per heavy atom. The Hall–Kier alpha value is -2.64. The van der Waals surface area contributed by atoms with Crippen LogP contribution in [0.4, 0.5) is 5.13 Å². The molecule has 1 N–H and O–H groups in total. The number of furan rings is 1. The lowest BCUT2D eigenvalue weighted by Gasteiger charge is -2.10. The molecular formula is C17H13ClN4O2S. The van der Waals surface area contributed by atoms with Gasteiger partial charge in [0.2, 0.25) is 5.13 Å². The number of fused-ring (bicyclic) bond motifs is 1. The number of halogens is 1. The zero-order valence-corrected chi connectivity index (χ0v) is 14.8. The largest absolute Gasteiger partial charge is 0.463 e. The first kappa shape index (κ1) is 15.9. The highest BCUT2D eigenvalue weighted by Crippen LogP contribution is 2.26. The van der Waals surface area contributed by atoms with Gasteiger partial charge in [-0.1, -0.05) is 41.1 Å². The second-order valence-electron chi connectivity index (χ2n) is 5.46. The molecular weight excluding hydrogens is 360 g/mol. The number of amides is 1. The molecule has 3 aromatic heterocycles. The molecule has 0 spiro atoms. The molecule has 1 amide bonds. The fourth-order valence-corrected chi connectivity index (χ4v) is 3.42. The molecule has 4 rings (SSSR count). The summed E-state index contributed by atoms with van der Waals surface area (Å²) < 4.78 is 7.33. The number of nitrogens with zero attached hydrogens (tertiary/aromatic N) is 3. The lowest BCUT2D eigenvalue weighted by molar-refractivity contribution is 0.101. The molecule has 25 heavy (non-hydrogen) atoms. The minimum absolute atomic E-state index is 0.269. The zero-order valence-electron chi connectivity index (χ0n) is 13.2. The highest BCUT2D eigenvalue weighted by molar-refractivity contribution is 7.15. The van der Waals surface area contributed by atoms with Gasteiger partial charge in [0.1, 0.15) is 10.7 Å². The minimum atomic E-state index is -0.269. The third-order valence-electron chi connectivity index (χ3n) is 3.79. The van der Waals surface area contributed by atoms with Gasteiger partial charge in [-0.2, -0.15) is 0 Å². The van der Waals surface area contributed by atoms with Gasteiger partial charge in [-0.3, -0.25) is 10.1 Å². The fraction of sp³-hybridized carbons (Fsp3) is 0.118. The quantitative estimate of drug-likeness (QED) is 0.578. The van der Waals surface area contributed by atoms with Crippen molar-refractivity contribution in [3.8, 4) is 0 Å². The number of benzene rings is 1. The van der Waals surface area contributed by atoms with Crippen molar-refractivity contribution in [2.75, 3.05) is 5.32 Å². The maximum absolute atomic E-state index is 12.7. The van der Waals surface area contributed by atoms with E-state index in [1.807, 2.05) is 41.8 Å². The maximum Gasteiger partial charge on any atom is 0.274 e. The van der Waals surface area contributed by atoms with Gasteiger partial charge in [0, 0.05) is 23.7 Å². The van der Waals surface area contributed by atoms with Crippen LogP contribution in [-0.4, -0.2) is 20.7 Å². The molecule has 0 aliphatic heterocycles. The van der Waals surface area contributed by atoms with Crippen LogP contribution in [0.3, 0.4) is 0 Å². The van der Waals surface area contributed by atoms with Crippen LogP contribution in [0.5, 0.6) is 0 Å². The van der Waals surface area contributed by atoms with Crippen LogP contribution in [-0.2, 0) is 6.54 Å². The molecule has 0 fully saturated rings. The van der Waals surface area contributed by atoms with Gasteiger partial charge in [0.15, 0.2) is 5.58 Å². The van der Waals surface area contributed by atoms with Gasteiger partial charge >= 0.3 is 0 Å². The second kappa shape index (κ2) is 6.34. The molecule has 0 unspecified atom stereocenters. The molecule has 0 saturated carbocycles. The van der Waals surface area contributed by atoms with Crippen molar-refractivity contribution in [1.82, 2.24) is 14.8 Å². The number of carbonyl (C=O) groups is 1. The lowest BCUT2D eigenvalue weighted by atomic mass is 10.2. The van der Waals surface area contributed by atoms with Crippen molar-refractivity contribution in [3.63, 3.8) is 0 Å². The zero-order chi connectivity index (χ0) is 17.4. The van der Waals surface area contributed by atoms with E-state index in [1.54, 1.807) is 12.3 Å². The highest BCUT2D eigenvalue weighted by atomic mass is 35.5. The van der Waals surface area contributed by atoms with E-state index in [0.29, 0.717) is 28.0 Å². The van der Waals surface area contributed by atoms with E-state index < -0.39 is 0 Å². The maximum atomic E-state index is 12.7. The van der Waals surface area contributed by atoms with E-state index in [1.165, 1.54) is 11.3 Å². The predicted octanol–water partition coefficient (Wildman–Crippen LogP) is 4.35. The second-order valence-corrected chi connectivity index (χ2v) is 7.05. The molecule has 1 aromatic carbocycles. The topological polar surface area (TPSA) is 73.0 Å². The van der Waals surface area contributed by atoms with Crippen molar-refractivity contribution in [3.05, 3.63) is 63.9 Å². The Morgan fingerprint density at radius 3 is 2.92 bits per heavy atom. The van der Waals surface area contributed by atoms with Gasteiger partial charge in [-0.15, -0.1) is 10.2 Å². The normalized spacial score (nSPS) is 11.1. The number of hydrogen-bond acceptors (Lipinski definition) is 5. The predicted molar refractivity (Wildman–Crippen MR) is 97.4 cm³/mol. The summed E-state index contributed by atoms with van der Waals surface area (Å²) in [6.45, 7) is 2.29. The summed E-state index contributed by atoms with van der Waals surface area (Å²) in [6.07, 6.45) is 1.60. The number of rotatable bonds is 4. The van der Waals surface area contributed by atoms with Crippen LogP contribution in [0.2, 0.25) is 5.02 Å². The number of anilines is 1. The Bertz CT molecular complexity index is 1070. The van der Waals surface area contributed by atoms with E-state index in [-0.39, 0.29) is 5.91 Å². The van der Waals surface area contributed by atoms with Crippen LogP contribution in [0.25, 0.3) is 11.1 Å². The van der Waals surface area contributed by atoms with Crippen LogP contribution >= 0.6 is 22.9 Å². The summed E-state index contributed by atoms with van der Waals surface area (Å²) in [6, 6.07) is 11.1. The summed E-state index contributed by atoms with van der Waals surface area (Å²) >= 11 is 7.60. The third-order valence-corrected chi connectivity index (χ3v) is 4.91. The smallest absolute Gasteiger partial charge is 0.274 e. The van der Waals surface area contributed by atoms with Crippen LogP contribution in [0, 0.1) is 6.92 Å². The molecule has 0 aliphatic carbocycles. The molecule has 4 aromatic rings. The summed E-state index contributed by atoms with van der Waals surface area (Å²) in [5.41, 5.74) is 2.87. The average molecular weight is 373 g/mol. The van der Waals surface area contributed by atoms with Crippen molar-refractivity contribution < 1.29 is 9.21 Å². The standard InChI is InChI=1S/C17H13ClN4O2S/c1-10-20-21-17(25-10)19-16(23)14-8-15-13(6-7-24-15)22(14)9-11-4-2-3-5-12(11)18/h2-8H,9H2,1H3,(H,19,21,23). The molecule has 0 saturated heterocycles. The molecule has 0 aliphatic rings. The first-order chi connectivity index (χ1) is 12.1. The van der Waals surface area contributed by atoms with Gasteiger partial charge in [0.05, 0.1) is 11.8 Å². The Morgan fingerprint density at radius 2 is 2.16 bits per heavy atom. The SMILES string of the molecule is Cc1nnc(NC(=O)c2cc3occc3n2Cc2ccccc2Cl)s1. The van der Waals surface area contributed by atoms with Crippen LogP contribution < -0.4 is 5.32 Å². The number of hydrogen-bond donors (Lipinski definition) is 1. The van der Waals surface area contributed by atoms with Gasteiger partial charge in [-0.25, -0.2) is 0 Å². The third kappa shape index (κ3) is 3.04. The molecule has 0 atom stereocenters. The average Bonchev–Trinajstić information content (AvgIpc) is 3.27. The monoisotopic (exact) mass is 372 g/mol. The number of carbonyl (C=O) groups excluding carboxylic acids is 1. The van der Waals surface area contributed by atoms with Crippen molar-refractivity contribution in [2.45, 2.75) is 13.5 Å². The van der Waals surface area contributed by atoms with Gasteiger partial charge in [0.25, 0.3) is 5.91 Å². The Balaban J connectivity index is 1.72. The molecule has 0 radical (unpaired) electrons. The number of nitrogens with one attached hydrogen (secondary N) is 1. The highest BCUT2D eigenvalue weighted by Gasteiger charge is 2.19.